The van der Waals surface area contributed by atoms with Gasteiger partial charge < -0.3 is 35.3 Å². The predicted molar refractivity (Wildman–Crippen MR) is 539 cm³/mol. The quantitative estimate of drug-likeness (QED) is 0.0148. The number of nitrogens with two attached hydrogens (primary N) is 1. The van der Waals surface area contributed by atoms with Gasteiger partial charge in [-0.15, -0.1) is 23.5 Å². The molecule has 7 aliphatic rings. The van der Waals surface area contributed by atoms with E-state index in [9.17, 15) is 4.79 Å². The molecule has 19 rings (SSSR count). The number of nitrogens with one attached hydrogen (secondary N) is 2. The standard InChI is InChI=1S/C34H34NPS2.C33H34NO2P.C29H26NP.C4H8O3.C3H8S2.3ClH.In/c1-3-12-27(13-4-1)36(28-14-5-2-6-15-28)30-17-8-11-26-19-21-34(33(26)30)20-18-25-10-7-16-29(32(25)34)35-24-31-37-22-9-23-38-31;1-35-30(36-2)23-34-28-17-9-11-24-19-21-33(31(24)28)22-20-25-12-10-18-29(32(25)33)37(26-13-5-3-6-14-26)27-15-7-4-8-16-27;30-25-15-7-9-21-17-19-29(27(21)25)20-18-22-10-8-16-26(28(22)29)31(23-11-3-1-4-12-23)24-13-5-2-6-14-24;1-6-4(3-5)7-2;4-2-1-3-5;;;;/h1-8,10-17,31,35H,9,18-24H2;3-18,30,34H,19-23H2,1-2H3;1-16H,17-20,30H2;3-4H,1-2H3;4-5H,1-3H2;3*1H;/q;;;;;;;;+3/p-3/t34-;33-;29-;;;;;;/m111....../s1. The Labute approximate surface area is 765 Å². The summed E-state index contributed by atoms with van der Waals surface area (Å²) in [5.41, 5.74) is 28.8. The number of benzene rings is 12. The molecule has 8 nitrogen and oxygen atoms in total. The van der Waals surface area contributed by atoms with E-state index in [1.807, 2.05) is 0 Å². The number of aryl methyl sites for hydroxylation is 6. The number of anilines is 3. The van der Waals surface area contributed by atoms with Crippen LogP contribution in [0.4, 0.5) is 17.1 Å². The van der Waals surface area contributed by atoms with Crippen molar-refractivity contribution in [1.82, 2.24) is 0 Å². The fraction of sp³-hybridized carbons (Fsp3) is 0.291. The molecule has 0 amide bonds. The molecular weight excluding hydrogens is 1800 g/mol. The molecule has 1 aliphatic heterocycles. The van der Waals surface area contributed by atoms with Crippen molar-refractivity contribution in [2.24, 2.45) is 0 Å². The monoisotopic (exact) mass is 1910 g/mol. The van der Waals surface area contributed by atoms with Crippen molar-refractivity contribution in [1.29, 1.82) is 0 Å². The predicted octanol–water partition coefficient (Wildman–Crippen LogP) is 20.8. The van der Waals surface area contributed by atoms with E-state index in [1.165, 1.54) is 158 Å². The van der Waals surface area contributed by atoms with Crippen LogP contribution in [0.2, 0.25) is 0 Å². The molecule has 1 saturated heterocycles. The molecule has 0 aromatic heterocycles. The van der Waals surface area contributed by atoms with Crippen LogP contribution in [0.5, 0.6) is 0 Å². The summed E-state index contributed by atoms with van der Waals surface area (Å²) in [5.74, 6) is 4.53. The van der Waals surface area contributed by atoms with Gasteiger partial charge >= 0.3 is 43.6 Å². The minimum absolute atomic E-state index is 0.0324. The SMILES string of the molecule is COC(C=O)OC.COC(CNc1cccc2c1[C@@]1(CC2)CCc2cccc(P(c3ccccc3)c3ccccc3)c21)OC.Nc1cccc2c1[C@@]1(CC2)CCc2cccc(P(c3ccccc3)c3ccccc3)c21.SCCCS.[Cl][In]([Cl])[Cl].c1ccc(P(c2ccccc2)c2cccc3c2[C@]2(CCc4cccc(NCC5SCCCS5)c42)CC3)cc1. The number of halogens is 3. The van der Waals surface area contributed by atoms with E-state index in [4.69, 9.17) is 40.9 Å². The molecule has 0 saturated carbocycles. The molecule has 6 aliphatic carbocycles. The van der Waals surface area contributed by atoms with E-state index in [0.29, 0.717) is 17.4 Å². The molecule has 122 heavy (non-hydrogen) atoms. The number of aldehydes is 1. The number of hydrogen-bond donors (Lipinski definition) is 5. The fourth-order valence-electron chi connectivity index (χ4n) is 19.7. The Hall–Kier alpha value is -6.02. The number of thiol groups is 2. The Morgan fingerprint density at radius 3 is 0.975 bits per heavy atom. The number of methoxy groups -OCH3 is 4. The molecule has 12 aromatic rings. The first-order chi connectivity index (χ1) is 59.9. The Kier molecular flexibility index (Phi) is 34.1. The molecule has 0 radical (unpaired) electrons. The molecule has 630 valence electrons. The van der Waals surface area contributed by atoms with Crippen LogP contribution in [0, 0.1) is 0 Å². The molecule has 12 aromatic carbocycles. The summed E-state index contributed by atoms with van der Waals surface area (Å²) in [6.07, 6.45) is 16.1. The number of nitrogen functional groups attached to an aromatic ring is 1. The summed E-state index contributed by atoms with van der Waals surface area (Å²) < 4.78 is 20.5. The Morgan fingerprint density at radius 2 is 0.689 bits per heavy atom. The second kappa shape index (κ2) is 45.1. The minimum atomic E-state index is -2.22. The van der Waals surface area contributed by atoms with Crippen molar-refractivity contribution in [3.63, 3.8) is 0 Å². The third-order valence-corrected chi connectivity index (χ3v) is 35.7. The van der Waals surface area contributed by atoms with Gasteiger partial charge in [-0.3, -0.25) is 4.79 Å². The first-order valence-electron chi connectivity index (χ1n) is 42.5. The van der Waals surface area contributed by atoms with Gasteiger partial charge in [-0.05, 0) is 269 Å². The summed E-state index contributed by atoms with van der Waals surface area (Å²) in [4.78, 5) is 9.72. The first kappa shape index (κ1) is 92.2. The van der Waals surface area contributed by atoms with E-state index < -0.39 is 47.9 Å². The largest absolute Gasteiger partial charge is 0.383 e. The number of carbonyl (C=O) groups excluding carboxylic acids is 1. The molecule has 0 unspecified atom stereocenters. The van der Waals surface area contributed by atoms with Crippen molar-refractivity contribution in [2.75, 3.05) is 80.9 Å². The average Bonchev–Trinajstić information content (AvgIpc) is 1.56. The normalized spacial score (nSPS) is 17.8. The number of ether oxygens (including phenoxy) is 4. The Balaban J connectivity index is 0.000000137. The summed E-state index contributed by atoms with van der Waals surface area (Å²) in [6.45, 7) is 1.67. The zero-order valence-corrected chi connectivity index (χ0v) is 81.7. The molecule has 4 N–H and O–H groups in total. The number of thioether (sulfide) groups is 2. The second-order valence-electron chi connectivity index (χ2n) is 31.5. The third-order valence-electron chi connectivity index (χ3n) is 24.7. The summed E-state index contributed by atoms with van der Waals surface area (Å²) >= 11 is 9.95. The van der Waals surface area contributed by atoms with Gasteiger partial charge in [-0.2, -0.15) is 25.3 Å². The first-order valence-corrected chi connectivity index (χ1v) is 62.4. The van der Waals surface area contributed by atoms with Crippen LogP contribution in [-0.2, 0) is 78.5 Å². The van der Waals surface area contributed by atoms with Gasteiger partial charge in [0.15, 0.2) is 12.6 Å². The molecule has 1 heterocycles. The number of fused-ring (bicyclic) bond motifs is 12. The Morgan fingerprint density at radius 1 is 0.402 bits per heavy atom. The topological polar surface area (TPSA) is 104 Å². The van der Waals surface area contributed by atoms with Gasteiger partial charge in [-0.25, -0.2) is 0 Å². The van der Waals surface area contributed by atoms with Crippen LogP contribution in [-0.4, -0.2) is 106 Å². The maximum atomic E-state index is 9.72. The van der Waals surface area contributed by atoms with Crippen molar-refractivity contribution in [2.45, 2.75) is 123 Å². The zero-order chi connectivity index (χ0) is 84.8. The molecule has 1 fully saturated rings. The van der Waals surface area contributed by atoms with Crippen LogP contribution >= 0.6 is 98.3 Å². The van der Waals surface area contributed by atoms with Crippen LogP contribution in [0.15, 0.2) is 291 Å². The maximum Gasteiger partial charge on any atom is 0.0674 e. The van der Waals surface area contributed by atoms with Crippen LogP contribution < -0.4 is 64.1 Å². The smallest absolute Gasteiger partial charge is 0.0674 e. The summed E-state index contributed by atoms with van der Waals surface area (Å²) in [5, 5.41) is 20.8. The van der Waals surface area contributed by atoms with Crippen molar-refractivity contribution < 1.29 is 23.7 Å². The van der Waals surface area contributed by atoms with Crippen molar-refractivity contribution in [3.05, 3.63) is 358 Å². The van der Waals surface area contributed by atoms with Crippen LogP contribution in [0.25, 0.3) is 0 Å². The van der Waals surface area contributed by atoms with E-state index >= 15 is 0 Å². The third kappa shape index (κ3) is 20.9. The zero-order valence-electron chi connectivity index (χ0n) is 70.0. The molecule has 3 atom stereocenters. The summed E-state index contributed by atoms with van der Waals surface area (Å²) in [7, 11) is 19.3. The van der Waals surface area contributed by atoms with Crippen molar-refractivity contribution >= 4 is 187 Å². The van der Waals surface area contributed by atoms with Gasteiger partial charge in [0.1, 0.15) is 0 Å². The van der Waals surface area contributed by atoms with Gasteiger partial charge in [-0.1, -0.05) is 273 Å². The van der Waals surface area contributed by atoms with Gasteiger partial charge in [0, 0.05) is 68.3 Å². The van der Waals surface area contributed by atoms with E-state index in [2.05, 4.69) is 360 Å². The molecular formula is C103H110Cl3InN3O5P3S4. The molecule has 19 heteroatoms. The van der Waals surface area contributed by atoms with Crippen molar-refractivity contribution in [3.8, 4) is 0 Å². The van der Waals surface area contributed by atoms with Crippen LogP contribution in [0.1, 0.15) is 118 Å². The van der Waals surface area contributed by atoms with Gasteiger partial charge in [0.25, 0.3) is 0 Å². The molecule has 3 spiro atoms. The van der Waals surface area contributed by atoms with E-state index in [-0.39, 0.29) is 22.5 Å². The average molecular weight is 1910 g/mol. The minimum Gasteiger partial charge on any atom is -0.383 e. The second-order valence-corrected chi connectivity index (χ2v) is 56.5. The van der Waals surface area contributed by atoms with E-state index in [1.54, 1.807) is 52.9 Å². The Bertz CT molecular complexity index is 5230. The van der Waals surface area contributed by atoms with Gasteiger partial charge in [0.05, 0.1) is 11.1 Å². The van der Waals surface area contributed by atoms with Crippen LogP contribution in [0.3, 0.4) is 0 Å². The fourth-order valence-corrected chi connectivity index (χ4v) is 30.8. The summed E-state index contributed by atoms with van der Waals surface area (Å²) in [6, 6.07) is 108. The number of hydrogen-bond acceptors (Lipinski definition) is 12. The number of carbonyl (C=O) groups is 1. The number of rotatable bonds is 22. The van der Waals surface area contributed by atoms with Gasteiger partial charge in [0.2, 0.25) is 6.29 Å². The maximum absolute atomic E-state index is 9.72. The van der Waals surface area contributed by atoms with E-state index in [0.717, 1.165) is 68.7 Å². The molecule has 0 bridgehead atoms.